The number of thioether (sulfide) groups is 1. The lowest BCUT2D eigenvalue weighted by Crippen LogP contribution is -2.26. The van der Waals surface area contributed by atoms with Gasteiger partial charge in [-0.1, -0.05) is 30.5 Å². The summed E-state index contributed by atoms with van der Waals surface area (Å²) in [7, 11) is 0. The average Bonchev–Trinajstić information content (AvgIpc) is 3.18. The topological polar surface area (TPSA) is 83.2 Å². The monoisotopic (exact) mass is 458 g/mol. The fourth-order valence-corrected chi connectivity index (χ4v) is 4.56. The van der Waals surface area contributed by atoms with Gasteiger partial charge in [-0.15, -0.1) is 11.3 Å². The number of hydrogen-bond acceptors (Lipinski definition) is 6. The molecular formula is C23H23FN2O3S2. The fraction of sp³-hybridized carbons (Fsp3) is 0.261. The second-order valence-electron chi connectivity index (χ2n) is 7.05. The zero-order valence-corrected chi connectivity index (χ0v) is 19.1. The molecule has 2 aromatic rings. The predicted octanol–water partition coefficient (Wildman–Crippen LogP) is 6.03. The highest BCUT2D eigenvalue weighted by Crippen LogP contribution is 2.34. The molecule has 1 aromatic heterocycles. The smallest absolute Gasteiger partial charge is 0.319 e. The van der Waals surface area contributed by atoms with Crippen molar-refractivity contribution in [2.24, 2.45) is 0 Å². The van der Waals surface area contributed by atoms with Crippen molar-refractivity contribution in [3.8, 4) is 11.8 Å². The highest BCUT2D eigenvalue weighted by Gasteiger charge is 2.29. The maximum Gasteiger partial charge on any atom is 0.319 e. The average molecular weight is 459 g/mol. The van der Waals surface area contributed by atoms with Gasteiger partial charge in [0.1, 0.15) is 22.4 Å². The van der Waals surface area contributed by atoms with Crippen molar-refractivity contribution in [2.45, 2.75) is 36.3 Å². The highest BCUT2D eigenvalue weighted by molar-refractivity contribution is 8.02. The van der Waals surface area contributed by atoms with E-state index >= 15 is 0 Å². The van der Waals surface area contributed by atoms with E-state index < -0.39 is 16.5 Å². The van der Waals surface area contributed by atoms with Crippen LogP contribution in [0.5, 0.6) is 5.75 Å². The summed E-state index contributed by atoms with van der Waals surface area (Å²) < 4.78 is 18.7. The first-order valence-corrected chi connectivity index (χ1v) is 11.1. The number of nitriles is 1. The van der Waals surface area contributed by atoms with Gasteiger partial charge >= 0.3 is 5.97 Å². The molecule has 1 heterocycles. The Morgan fingerprint density at radius 1 is 1.45 bits per heavy atom. The number of rotatable bonds is 10. The molecule has 0 aliphatic heterocycles. The van der Waals surface area contributed by atoms with E-state index in [0.29, 0.717) is 28.7 Å². The Morgan fingerprint density at radius 2 is 2.19 bits per heavy atom. The minimum atomic E-state index is -0.950. The Bertz CT molecular complexity index is 1070. The summed E-state index contributed by atoms with van der Waals surface area (Å²) in [5.41, 5.74) is 2.78. The number of carboxylic acid groups (broad SMARTS) is 1. The van der Waals surface area contributed by atoms with Gasteiger partial charge in [-0.25, -0.2) is 9.37 Å². The molecule has 0 aliphatic rings. The molecule has 0 saturated heterocycles. The minimum Gasteiger partial charge on any atom is -0.492 e. The summed E-state index contributed by atoms with van der Waals surface area (Å²) in [6.45, 7) is 8.79. The molecule has 0 bridgehead atoms. The quantitative estimate of drug-likeness (QED) is 0.345. The van der Waals surface area contributed by atoms with Crippen LogP contribution < -0.4 is 4.74 Å². The Labute approximate surface area is 189 Å². The Kier molecular flexibility index (Phi) is 8.60. The lowest BCUT2D eigenvalue weighted by atomic mass is 10.0. The summed E-state index contributed by atoms with van der Waals surface area (Å²) >= 11 is 2.61. The van der Waals surface area contributed by atoms with Crippen LogP contribution in [0.15, 0.2) is 58.6 Å². The zero-order chi connectivity index (χ0) is 23.0. The van der Waals surface area contributed by atoms with E-state index in [2.05, 4.69) is 17.6 Å². The minimum absolute atomic E-state index is 0.326. The van der Waals surface area contributed by atoms with Crippen LogP contribution in [0.2, 0.25) is 0 Å². The normalized spacial score (nSPS) is 12.4. The molecule has 0 radical (unpaired) electrons. The van der Waals surface area contributed by atoms with Gasteiger partial charge in [0.2, 0.25) is 0 Å². The van der Waals surface area contributed by atoms with Crippen LogP contribution in [-0.2, 0) is 11.2 Å². The van der Waals surface area contributed by atoms with Crippen molar-refractivity contribution in [1.82, 2.24) is 4.98 Å². The number of ether oxygens (including phenoxy) is 1. The summed E-state index contributed by atoms with van der Waals surface area (Å²) in [5, 5.41) is 20.6. The molecule has 0 amide bonds. The molecule has 0 fully saturated rings. The first kappa shape index (κ1) is 24.4. The molecule has 0 saturated carbocycles. The molecule has 2 rings (SSSR count). The summed E-state index contributed by atoms with van der Waals surface area (Å²) in [6.07, 6.45) is 4.59. The molecule has 0 aliphatic carbocycles. The van der Waals surface area contributed by atoms with Gasteiger partial charge in [0.05, 0.1) is 17.9 Å². The largest absolute Gasteiger partial charge is 0.492 e. The number of halogens is 1. The Hall–Kier alpha value is -2.89. The maximum atomic E-state index is 13.2. The second kappa shape index (κ2) is 10.9. The van der Waals surface area contributed by atoms with Crippen molar-refractivity contribution in [1.29, 1.82) is 5.26 Å². The molecule has 8 heteroatoms. The van der Waals surface area contributed by atoms with Crippen LogP contribution in [0.3, 0.4) is 0 Å². The van der Waals surface area contributed by atoms with Crippen molar-refractivity contribution in [3.63, 3.8) is 0 Å². The number of carbonyl (C=O) groups is 1. The van der Waals surface area contributed by atoms with Crippen molar-refractivity contribution in [3.05, 3.63) is 71.0 Å². The number of nitrogens with zero attached hydrogens (tertiary/aromatic N) is 2. The van der Waals surface area contributed by atoms with Gasteiger partial charge in [0, 0.05) is 11.8 Å². The number of allylic oxidation sites excluding steroid dienone is 5. The van der Waals surface area contributed by atoms with Crippen molar-refractivity contribution in [2.75, 3.05) is 6.61 Å². The van der Waals surface area contributed by atoms with Crippen LogP contribution in [-0.4, -0.2) is 27.4 Å². The molecule has 0 unspecified atom stereocenters. The number of aromatic nitrogens is 1. The van der Waals surface area contributed by atoms with Gasteiger partial charge in [-0.2, -0.15) is 5.26 Å². The van der Waals surface area contributed by atoms with Crippen molar-refractivity contribution < 1.29 is 19.0 Å². The standard InChI is InChI=1S/C23H23FN2O3S2/c1-5-18(24)8-6-15(2)16-7-9-20(17(12-16)13-25)29-11-10-19-14-30-22(26-19)31-23(3,4)21(27)28/h5-9,12,14H,1,10-11H2,2-4H3,(H,27,28)/b15-6+,18-8+. The van der Waals surface area contributed by atoms with E-state index in [9.17, 15) is 19.6 Å². The number of hydrogen-bond donors (Lipinski definition) is 1. The molecule has 1 N–H and O–H groups in total. The summed E-state index contributed by atoms with van der Waals surface area (Å²) in [6, 6.07) is 7.36. The predicted molar refractivity (Wildman–Crippen MR) is 123 cm³/mol. The second-order valence-corrected chi connectivity index (χ2v) is 9.78. The van der Waals surface area contributed by atoms with Gasteiger partial charge in [-0.3, -0.25) is 4.79 Å². The van der Waals surface area contributed by atoms with Crippen LogP contribution in [0, 0.1) is 11.3 Å². The van der Waals surface area contributed by atoms with E-state index in [0.717, 1.165) is 22.9 Å². The third-order valence-electron chi connectivity index (χ3n) is 4.25. The summed E-state index contributed by atoms with van der Waals surface area (Å²) in [4.78, 5) is 15.7. The maximum absolute atomic E-state index is 13.2. The Balaban J connectivity index is 2.01. The highest BCUT2D eigenvalue weighted by atomic mass is 32.2. The number of aliphatic carboxylic acids is 1. The van der Waals surface area contributed by atoms with E-state index in [1.807, 2.05) is 18.4 Å². The van der Waals surface area contributed by atoms with E-state index in [-0.39, 0.29) is 0 Å². The van der Waals surface area contributed by atoms with Gasteiger partial charge in [0.15, 0.2) is 4.34 Å². The fourth-order valence-electron chi connectivity index (χ4n) is 2.33. The first-order valence-electron chi connectivity index (χ1n) is 9.37. The van der Waals surface area contributed by atoms with E-state index in [1.165, 1.54) is 29.2 Å². The molecule has 0 atom stereocenters. The number of carboxylic acids is 1. The van der Waals surface area contributed by atoms with Crippen LogP contribution in [0.25, 0.3) is 5.57 Å². The third-order valence-corrected chi connectivity index (χ3v) is 6.42. The van der Waals surface area contributed by atoms with Crippen molar-refractivity contribution >= 4 is 34.6 Å². The third kappa shape index (κ3) is 7.09. The molecule has 162 valence electrons. The molecule has 5 nitrogen and oxygen atoms in total. The van der Waals surface area contributed by atoms with Gasteiger partial charge in [0.25, 0.3) is 0 Å². The van der Waals surface area contributed by atoms with Crippen LogP contribution >= 0.6 is 23.1 Å². The van der Waals surface area contributed by atoms with Crippen LogP contribution in [0.4, 0.5) is 4.39 Å². The zero-order valence-electron chi connectivity index (χ0n) is 17.5. The number of thiazole rings is 1. The molecular weight excluding hydrogens is 435 g/mol. The van der Waals surface area contributed by atoms with Gasteiger partial charge in [-0.05, 0) is 56.2 Å². The first-order chi connectivity index (χ1) is 14.7. The Morgan fingerprint density at radius 3 is 2.84 bits per heavy atom. The van der Waals surface area contributed by atoms with Crippen LogP contribution in [0.1, 0.15) is 37.6 Å². The SMILES string of the molecule is C=C/C(F)=C\C=C(/C)c1ccc(OCCc2csc(SC(C)(C)C(=O)O)n2)c(C#N)c1. The molecule has 31 heavy (non-hydrogen) atoms. The molecule has 0 spiro atoms. The molecule has 1 aromatic carbocycles. The van der Waals surface area contributed by atoms with Gasteiger partial charge < -0.3 is 9.84 Å². The number of benzene rings is 1. The van der Waals surface area contributed by atoms with E-state index in [4.69, 9.17) is 4.74 Å². The van der Waals surface area contributed by atoms with E-state index in [1.54, 1.807) is 32.1 Å². The lowest BCUT2D eigenvalue weighted by Gasteiger charge is -2.15. The summed E-state index contributed by atoms with van der Waals surface area (Å²) in [5.74, 6) is -0.865. The lowest BCUT2D eigenvalue weighted by molar-refractivity contribution is -0.138.